The van der Waals surface area contributed by atoms with Gasteiger partial charge in [0.1, 0.15) is 5.92 Å². The zero-order chi connectivity index (χ0) is 23.0. The summed E-state index contributed by atoms with van der Waals surface area (Å²) < 4.78 is 49.7. The fraction of sp³-hybridized carbons (Fsp3) is 0.500. The number of Topliss-reactive ketones (excluding diaryl/α,β-unsaturated/α-hetero) is 4. The molecule has 0 saturated heterocycles. The zero-order valence-corrected chi connectivity index (χ0v) is 18.9. The van der Waals surface area contributed by atoms with E-state index in [1.54, 1.807) is 0 Å². The lowest BCUT2D eigenvalue weighted by Gasteiger charge is -2.40. The number of hydrogen-bond acceptors (Lipinski definition) is 8. The van der Waals surface area contributed by atoms with Gasteiger partial charge < -0.3 is 0 Å². The summed E-state index contributed by atoms with van der Waals surface area (Å²) in [7, 11) is -7.81. The van der Waals surface area contributed by atoms with Gasteiger partial charge in [0.2, 0.25) is 0 Å². The first-order valence-corrected chi connectivity index (χ1v) is 12.6. The maximum absolute atomic E-state index is 13.3. The average Bonchev–Trinajstić information content (AvgIpc) is 2.63. The molecule has 1 fully saturated rings. The van der Waals surface area contributed by atoms with Gasteiger partial charge in [0.05, 0.1) is 32.1 Å². The maximum atomic E-state index is 13.3. The maximum Gasteiger partial charge on any atom is 0.181 e. The highest BCUT2D eigenvalue weighted by atomic mass is 32.2. The van der Waals surface area contributed by atoms with Crippen LogP contribution in [0.15, 0.2) is 21.9 Å². The van der Waals surface area contributed by atoms with Gasteiger partial charge in [-0.05, 0) is 52.3 Å². The van der Waals surface area contributed by atoms with Crippen LogP contribution in [0, 0.1) is 23.7 Å². The van der Waals surface area contributed by atoms with Crippen LogP contribution in [0.5, 0.6) is 0 Å². The Bertz CT molecular complexity index is 1220. The van der Waals surface area contributed by atoms with E-state index in [-0.39, 0.29) is 16.0 Å². The first-order valence-electron chi connectivity index (χ1n) is 9.25. The van der Waals surface area contributed by atoms with E-state index in [9.17, 15) is 36.0 Å². The Kier molecular flexibility index (Phi) is 4.80. The molecule has 0 radical (unpaired) electrons. The predicted molar refractivity (Wildman–Crippen MR) is 106 cm³/mol. The highest BCUT2D eigenvalue weighted by molar-refractivity contribution is 7.98. The molecule has 1 aromatic rings. The van der Waals surface area contributed by atoms with Crippen LogP contribution in [0.3, 0.4) is 0 Å². The Morgan fingerprint density at radius 2 is 1.33 bits per heavy atom. The fourth-order valence-electron chi connectivity index (χ4n) is 4.24. The number of sulfone groups is 2. The minimum absolute atomic E-state index is 0.117. The molecule has 0 bridgehead atoms. The lowest BCUT2D eigenvalue weighted by atomic mass is 9.57. The molecule has 30 heavy (non-hydrogen) atoms. The Balaban J connectivity index is 2.23. The van der Waals surface area contributed by atoms with Gasteiger partial charge in [-0.1, -0.05) is 0 Å². The molecule has 0 amide bonds. The van der Waals surface area contributed by atoms with Crippen LogP contribution in [0.4, 0.5) is 0 Å². The van der Waals surface area contributed by atoms with E-state index >= 15 is 0 Å². The molecule has 1 aliphatic carbocycles. The quantitative estimate of drug-likeness (QED) is 0.479. The van der Waals surface area contributed by atoms with E-state index in [4.69, 9.17) is 0 Å². The molecule has 8 nitrogen and oxygen atoms in total. The molecule has 1 aromatic carbocycles. The van der Waals surface area contributed by atoms with E-state index < -0.39 is 76.0 Å². The van der Waals surface area contributed by atoms with Crippen molar-refractivity contribution in [3.8, 4) is 0 Å². The minimum atomic E-state index is -3.97. The second kappa shape index (κ2) is 6.40. The van der Waals surface area contributed by atoms with Crippen LogP contribution in [-0.4, -0.2) is 51.5 Å². The van der Waals surface area contributed by atoms with Gasteiger partial charge in [0, 0.05) is 5.56 Å². The lowest BCUT2D eigenvalue weighted by molar-refractivity contribution is -0.158. The number of rotatable bonds is 2. The number of fused-ring (bicyclic) bond motifs is 1. The molecule has 2 aliphatic rings. The second-order valence-corrected chi connectivity index (χ2v) is 12.9. The number of benzene rings is 1. The van der Waals surface area contributed by atoms with Crippen LogP contribution >= 0.6 is 0 Å². The largest absolute Gasteiger partial charge is 0.297 e. The van der Waals surface area contributed by atoms with Crippen molar-refractivity contribution in [1.82, 2.24) is 0 Å². The lowest BCUT2D eigenvalue weighted by Crippen LogP contribution is -2.59. The molecule has 0 N–H and O–H groups in total. The molecule has 0 aromatic heterocycles. The molecule has 0 unspecified atom stereocenters. The summed E-state index contributed by atoms with van der Waals surface area (Å²) in [5, 5.41) is 0. The highest BCUT2D eigenvalue weighted by Crippen LogP contribution is 2.42. The highest BCUT2D eigenvalue weighted by Gasteiger charge is 2.60. The van der Waals surface area contributed by atoms with Crippen molar-refractivity contribution in [2.24, 2.45) is 16.7 Å². The van der Waals surface area contributed by atoms with E-state index in [2.05, 4.69) is 0 Å². The SMILES string of the molecule is Cc1c(C(=O)C2C(=O)C(C)(C)C(=O)C(C)(C)C2=O)ccc2c1S(=O)(=O)CCS2(=O)=O. The van der Waals surface area contributed by atoms with Gasteiger partial charge in [0.15, 0.2) is 42.8 Å². The van der Waals surface area contributed by atoms with Gasteiger partial charge in [-0.25, -0.2) is 16.8 Å². The molecule has 1 aliphatic heterocycles. The van der Waals surface area contributed by atoms with Crippen LogP contribution in [-0.2, 0) is 34.1 Å². The van der Waals surface area contributed by atoms with Crippen molar-refractivity contribution in [1.29, 1.82) is 0 Å². The van der Waals surface area contributed by atoms with Crippen LogP contribution in [0.2, 0.25) is 0 Å². The first kappa shape index (κ1) is 22.5. The number of carbonyl (C=O) groups is 4. The topological polar surface area (TPSA) is 137 Å². The third-order valence-electron chi connectivity index (χ3n) is 6.06. The minimum Gasteiger partial charge on any atom is -0.297 e. The Morgan fingerprint density at radius 3 is 1.83 bits per heavy atom. The van der Waals surface area contributed by atoms with Crippen LogP contribution < -0.4 is 0 Å². The van der Waals surface area contributed by atoms with Crippen molar-refractivity contribution in [2.45, 2.75) is 44.4 Å². The molecular formula is C20H22O8S2. The summed E-state index contributed by atoms with van der Waals surface area (Å²) in [5.41, 5.74) is -3.49. The van der Waals surface area contributed by atoms with Crippen molar-refractivity contribution >= 4 is 42.8 Å². The van der Waals surface area contributed by atoms with Gasteiger partial charge in [-0.3, -0.25) is 19.2 Å². The smallest absolute Gasteiger partial charge is 0.181 e. The summed E-state index contributed by atoms with van der Waals surface area (Å²) in [6.45, 7) is 6.68. The Labute approximate surface area is 174 Å². The van der Waals surface area contributed by atoms with Crippen LogP contribution in [0.1, 0.15) is 43.6 Å². The van der Waals surface area contributed by atoms with Crippen LogP contribution in [0.25, 0.3) is 0 Å². The predicted octanol–water partition coefficient (Wildman–Crippen LogP) is 1.13. The normalized spacial score (nSPS) is 24.4. The van der Waals surface area contributed by atoms with Crippen molar-refractivity contribution in [3.63, 3.8) is 0 Å². The standard InChI is InChI=1S/C20H22O8S2/c1-10-11(6-7-12-15(10)30(27,28)9-8-29(12,25)26)14(21)13-16(22)19(2,3)18(24)20(4,5)17(13)23/h6-7,13H,8-9H2,1-5H3. The zero-order valence-electron chi connectivity index (χ0n) is 17.2. The van der Waals surface area contributed by atoms with Gasteiger partial charge >= 0.3 is 0 Å². The van der Waals surface area contributed by atoms with Gasteiger partial charge in [-0.15, -0.1) is 0 Å². The molecule has 1 saturated carbocycles. The average molecular weight is 455 g/mol. The number of ketones is 4. The molecular weight excluding hydrogens is 432 g/mol. The molecule has 3 rings (SSSR count). The third kappa shape index (κ3) is 2.91. The summed E-state index contributed by atoms with van der Waals surface area (Å²) in [6.07, 6.45) is 0. The van der Waals surface area contributed by atoms with E-state index in [1.807, 2.05) is 0 Å². The number of hydrogen-bond donors (Lipinski definition) is 0. The van der Waals surface area contributed by atoms with E-state index in [0.717, 1.165) is 12.1 Å². The van der Waals surface area contributed by atoms with Gasteiger partial charge in [0.25, 0.3) is 0 Å². The molecule has 162 valence electrons. The number of carbonyl (C=O) groups excluding carboxylic acids is 4. The van der Waals surface area contributed by atoms with E-state index in [0.29, 0.717) is 0 Å². The summed E-state index contributed by atoms with van der Waals surface area (Å²) in [6, 6.07) is 2.16. The first-order chi connectivity index (χ1) is 13.5. The monoisotopic (exact) mass is 454 g/mol. The third-order valence-corrected chi connectivity index (χ3v) is 10.1. The second-order valence-electron chi connectivity index (χ2n) is 8.81. The molecule has 0 spiro atoms. The van der Waals surface area contributed by atoms with Gasteiger partial charge in [-0.2, -0.15) is 0 Å². The Hall–Kier alpha value is -2.20. The van der Waals surface area contributed by atoms with E-state index in [1.165, 1.54) is 34.6 Å². The summed E-state index contributed by atoms with van der Waals surface area (Å²) >= 11 is 0. The summed E-state index contributed by atoms with van der Waals surface area (Å²) in [4.78, 5) is 50.9. The fourth-order valence-corrected chi connectivity index (χ4v) is 8.84. The van der Waals surface area contributed by atoms with Crippen molar-refractivity contribution < 1.29 is 36.0 Å². The molecule has 0 atom stereocenters. The Morgan fingerprint density at radius 1 is 0.867 bits per heavy atom. The summed E-state index contributed by atoms with van der Waals surface area (Å²) in [5.74, 6) is -6.17. The van der Waals surface area contributed by atoms with Crippen molar-refractivity contribution in [2.75, 3.05) is 11.5 Å². The molecule has 1 heterocycles. The van der Waals surface area contributed by atoms with Crippen molar-refractivity contribution in [3.05, 3.63) is 23.3 Å². The molecule has 10 heteroatoms.